The molecule has 1 heterocycles. The van der Waals surface area contributed by atoms with Gasteiger partial charge in [-0.1, -0.05) is 24.3 Å². The molecule has 1 atom stereocenters. The first-order chi connectivity index (χ1) is 14.9. The van der Waals surface area contributed by atoms with Crippen molar-refractivity contribution in [3.8, 4) is 0 Å². The highest BCUT2D eigenvalue weighted by atomic mass is 32.2. The minimum Gasteiger partial charge on any atom is -0.478 e. The van der Waals surface area contributed by atoms with Crippen molar-refractivity contribution in [3.63, 3.8) is 0 Å². The Morgan fingerprint density at radius 2 is 1.84 bits per heavy atom. The number of amides is 2. The van der Waals surface area contributed by atoms with Crippen LogP contribution in [0.2, 0.25) is 0 Å². The average Bonchev–Trinajstić information content (AvgIpc) is 2.77. The van der Waals surface area contributed by atoms with Gasteiger partial charge in [0.05, 0.1) is 23.8 Å². The molecule has 9 heteroatoms. The predicted molar refractivity (Wildman–Crippen MR) is 120 cm³/mol. The van der Waals surface area contributed by atoms with Gasteiger partial charge in [-0.25, -0.2) is 14.4 Å². The second-order valence-electron chi connectivity index (χ2n) is 6.51. The van der Waals surface area contributed by atoms with Gasteiger partial charge in [0.1, 0.15) is 0 Å². The Balaban J connectivity index is 1.98. The number of hydrogen-bond acceptors (Lipinski definition) is 6. The monoisotopic (exact) mass is 458 g/mol. The first kappa shape index (κ1) is 22.8. The number of carbonyl (C=O) groups is 3. The summed E-state index contributed by atoms with van der Waals surface area (Å²) < 4.78 is 5.26. The van der Waals surface area contributed by atoms with Crippen LogP contribution in [0.1, 0.15) is 28.9 Å². The summed E-state index contributed by atoms with van der Waals surface area (Å²) in [4.78, 5) is 38.3. The lowest BCUT2D eigenvalue weighted by Crippen LogP contribution is -2.46. The zero-order valence-electron chi connectivity index (χ0n) is 17.0. The van der Waals surface area contributed by atoms with E-state index in [-0.39, 0.29) is 17.9 Å². The van der Waals surface area contributed by atoms with E-state index in [0.717, 1.165) is 10.5 Å². The van der Waals surface area contributed by atoms with Crippen LogP contribution in [0, 0.1) is 0 Å². The summed E-state index contributed by atoms with van der Waals surface area (Å²) in [6.45, 7) is 1.91. The van der Waals surface area contributed by atoms with Gasteiger partial charge >= 0.3 is 18.0 Å². The molecule has 0 bridgehead atoms. The molecular weight excluding hydrogens is 436 g/mol. The molecular formula is C22H22N2O5S2. The van der Waals surface area contributed by atoms with Crippen molar-refractivity contribution < 1.29 is 24.2 Å². The van der Waals surface area contributed by atoms with Crippen LogP contribution in [0.15, 0.2) is 69.6 Å². The average molecular weight is 459 g/mol. The van der Waals surface area contributed by atoms with Crippen molar-refractivity contribution in [3.05, 3.63) is 70.9 Å². The van der Waals surface area contributed by atoms with Crippen LogP contribution in [0.4, 0.5) is 4.79 Å². The van der Waals surface area contributed by atoms with Gasteiger partial charge in [-0.15, -0.1) is 23.5 Å². The van der Waals surface area contributed by atoms with Gasteiger partial charge in [0, 0.05) is 21.2 Å². The molecule has 0 saturated carbocycles. The minimum atomic E-state index is -1.04. The molecule has 1 aliphatic heterocycles. The highest BCUT2D eigenvalue weighted by Gasteiger charge is 2.33. The number of ether oxygens (including phenoxy) is 1. The maximum Gasteiger partial charge on any atom is 0.338 e. The summed E-state index contributed by atoms with van der Waals surface area (Å²) in [6.07, 6.45) is 1.97. The Morgan fingerprint density at radius 3 is 2.48 bits per heavy atom. The third-order valence-corrected chi connectivity index (χ3v) is 6.43. The Morgan fingerprint density at radius 1 is 1.13 bits per heavy atom. The summed E-state index contributed by atoms with van der Waals surface area (Å²) in [6, 6.07) is 13.1. The van der Waals surface area contributed by atoms with Crippen LogP contribution < -0.4 is 10.6 Å². The number of carboxylic acid groups (broad SMARTS) is 1. The molecule has 0 aliphatic carbocycles. The van der Waals surface area contributed by atoms with Gasteiger partial charge in [-0.2, -0.15) is 0 Å². The molecule has 2 amide bonds. The number of benzene rings is 2. The fourth-order valence-electron chi connectivity index (χ4n) is 3.15. The maximum absolute atomic E-state index is 12.8. The lowest BCUT2D eigenvalue weighted by atomic mass is 9.95. The summed E-state index contributed by atoms with van der Waals surface area (Å²) in [7, 11) is 0. The number of thioether (sulfide) groups is 2. The zero-order chi connectivity index (χ0) is 22.4. The molecule has 0 radical (unpaired) electrons. The molecule has 0 saturated heterocycles. The summed E-state index contributed by atoms with van der Waals surface area (Å²) >= 11 is 2.83. The normalized spacial score (nSPS) is 15.8. The third-order valence-electron chi connectivity index (χ3n) is 4.59. The molecule has 2 aromatic carbocycles. The number of carboxylic acids is 1. The first-order valence-corrected chi connectivity index (χ1v) is 11.7. The number of urea groups is 1. The number of nitrogens with one attached hydrogen (secondary N) is 2. The van der Waals surface area contributed by atoms with Gasteiger partial charge in [0.2, 0.25) is 0 Å². The molecule has 1 aliphatic rings. The fraction of sp³-hybridized carbons (Fsp3) is 0.227. The molecule has 0 spiro atoms. The van der Waals surface area contributed by atoms with E-state index in [4.69, 9.17) is 4.74 Å². The number of aromatic carboxylic acids is 1. The summed E-state index contributed by atoms with van der Waals surface area (Å²) in [5.74, 6) is -1.37. The first-order valence-electron chi connectivity index (χ1n) is 9.51. The second-order valence-corrected chi connectivity index (χ2v) is 8.40. The maximum atomic E-state index is 12.8. The van der Waals surface area contributed by atoms with Gasteiger partial charge in [0.25, 0.3) is 0 Å². The molecule has 3 rings (SSSR count). The van der Waals surface area contributed by atoms with Gasteiger partial charge < -0.3 is 20.5 Å². The molecule has 31 heavy (non-hydrogen) atoms. The van der Waals surface area contributed by atoms with Crippen molar-refractivity contribution in [2.45, 2.75) is 22.8 Å². The highest BCUT2D eigenvalue weighted by Crippen LogP contribution is 2.32. The molecule has 0 aromatic heterocycles. The lowest BCUT2D eigenvalue weighted by molar-refractivity contribution is -0.139. The molecule has 2 aromatic rings. The molecule has 0 fully saturated rings. The Hall–Kier alpha value is -2.91. The number of esters is 1. The van der Waals surface area contributed by atoms with Crippen LogP contribution in [-0.4, -0.2) is 41.7 Å². The lowest BCUT2D eigenvalue weighted by Gasteiger charge is -2.29. The van der Waals surface area contributed by atoms with E-state index in [1.165, 1.54) is 17.8 Å². The van der Waals surface area contributed by atoms with Crippen LogP contribution in [0.5, 0.6) is 0 Å². The number of carbonyl (C=O) groups excluding carboxylic acids is 2. The Kier molecular flexibility index (Phi) is 7.64. The fourth-order valence-corrected chi connectivity index (χ4v) is 4.57. The van der Waals surface area contributed by atoms with Crippen molar-refractivity contribution in [2.75, 3.05) is 18.6 Å². The highest BCUT2D eigenvalue weighted by molar-refractivity contribution is 7.99. The second kappa shape index (κ2) is 10.4. The van der Waals surface area contributed by atoms with E-state index in [0.29, 0.717) is 16.2 Å². The standard InChI is InChI=1S/C22H22N2O5S2/c1-3-29-21(27)18-16(12-31-17-7-5-4-6-15(17)20(25)26)23-22(28)24-19(18)13-8-10-14(30-2)11-9-13/h4-11,19H,3,12H2,1-2H3,(H,25,26)(H2,23,24,28)/t19-/m0/s1. The van der Waals surface area contributed by atoms with Crippen molar-refractivity contribution in [1.29, 1.82) is 0 Å². The SMILES string of the molecule is CCOC(=O)C1=C(CSc2ccccc2C(=O)O)NC(=O)N[C@H]1c1ccc(SC)cc1. The zero-order valence-corrected chi connectivity index (χ0v) is 18.6. The van der Waals surface area contributed by atoms with Gasteiger partial charge in [0.15, 0.2) is 0 Å². The molecule has 162 valence electrons. The minimum absolute atomic E-state index is 0.162. The third kappa shape index (κ3) is 5.42. The van der Waals surface area contributed by atoms with Gasteiger partial charge in [-0.3, -0.25) is 0 Å². The smallest absolute Gasteiger partial charge is 0.338 e. The van der Waals surface area contributed by atoms with Crippen LogP contribution in [0.25, 0.3) is 0 Å². The topological polar surface area (TPSA) is 105 Å². The van der Waals surface area contributed by atoms with E-state index >= 15 is 0 Å². The molecule has 3 N–H and O–H groups in total. The summed E-state index contributed by atoms with van der Waals surface area (Å²) in [5, 5.41) is 14.9. The Bertz CT molecular complexity index is 1020. The predicted octanol–water partition coefficient (Wildman–Crippen LogP) is 4.07. The number of hydrogen-bond donors (Lipinski definition) is 3. The van der Waals surface area contributed by atoms with Gasteiger partial charge in [-0.05, 0) is 43.0 Å². The van der Waals surface area contributed by atoms with Crippen LogP contribution in [0.3, 0.4) is 0 Å². The van der Waals surface area contributed by atoms with Crippen molar-refractivity contribution in [1.82, 2.24) is 10.6 Å². The molecule has 7 nitrogen and oxygen atoms in total. The van der Waals surface area contributed by atoms with E-state index in [9.17, 15) is 19.5 Å². The number of rotatable bonds is 8. The van der Waals surface area contributed by atoms with Crippen LogP contribution in [-0.2, 0) is 9.53 Å². The summed E-state index contributed by atoms with van der Waals surface area (Å²) in [5.41, 5.74) is 1.62. The quantitative estimate of drug-likeness (QED) is 0.405. The largest absolute Gasteiger partial charge is 0.478 e. The van der Waals surface area contributed by atoms with E-state index < -0.39 is 24.0 Å². The van der Waals surface area contributed by atoms with Crippen molar-refractivity contribution in [2.24, 2.45) is 0 Å². The van der Waals surface area contributed by atoms with E-state index in [1.807, 2.05) is 30.5 Å². The van der Waals surface area contributed by atoms with E-state index in [2.05, 4.69) is 10.6 Å². The Labute approximate surface area is 188 Å². The molecule has 0 unspecified atom stereocenters. The van der Waals surface area contributed by atoms with E-state index in [1.54, 1.807) is 36.9 Å². The van der Waals surface area contributed by atoms with Crippen molar-refractivity contribution >= 4 is 41.5 Å². The van der Waals surface area contributed by atoms with Crippen LogP contribution >= 0.6 is 23.5 Å².